The molecule has 2 rings (SSSR count). The molecule has 0 aliphatic heterocycles. The van der Waals surface area contributed by atoms with Crippen molar-refractivity contribution < 1.29 is 9.59 Å². The first-order chi connectivity index (χ1) is 12.1. The molecule has 0 aliphatic carbocycles. The molecule has 0 radical (unpaired) electrons. The van der Waals surface area contributed by atoms with Crippen molar-refractivity contribution in [2.45, 2.75) is 26.8 Å². The summed E-state index contributed by atoms with van der Waals surface area (Å²) in [5.41, 5.74) is 6.24. The number of amides is 2. The third kappa shape index (κ3) is 6.04. The summed E-state index contributed by atoms with van der Waals surface area (Å²) in [4.78, 5) is 32.1. The quantitative estimate of drug-likeness (QED) is 0.681. The number of carbonyl (C=O) groups excluding carboxylic acids is 2. The maximum absolute atomic E-state index is 12.2. The van der Waals surface area contributed by atoms with Crippen molar-refractivity contribution in [3.05, 3.63) is 46.5 Å². The number of aromatic nitrogens is 2. The topological polar surface area (TPSA) is 110 Å². The number of halogens is 3. The number of carbonyl (C=O) groups is 2. The molecule has 0 aliphatic rings. The van der Waals surface area contributed by atoms with E-state index in [1.807, 2.05) is 20.8 Å². The number of hydrogen-bond donors (Lipinski definition) is 3. The first kappa shape index (κ1) is 23.1. The number of anilines is 2. The Morgan fingerprint density at radius 1 is 1.11 bits per heavy atom. The Morgan fingerprint density at radius 2 is 1.70 bits per heavy atom. The molecule has 1 atom stereocenters. The van der Waals surface area contributed by atoms with Crippen LogP contribution in [0.5, 0.6) is 0 Å². The monoisotopic (exact) mass is 431 g/mol. The Morgan fingerprint density at radius 3 is 2.19 bits per heavy atom. The minimum atomic E-state index is -0.712. The Balaban J connectivity index is 0.00000364. The van der Waals surface area contributed by atoms with Crippen LogP contribution in [0.1, 0.15) is 31.3 Å². The van der Waals surface area contributed by atoms with E-state index in [0.29, 0.717) is 5.69 Å². The fourth-order valence-corrected chi connectivity index (χ4v) is 2.55. The van der Waals surface area contributed by atoms with Crippen molar-refractivity contribution in [1.82, 2.24) is 9.97 Å². The van der Waals surface area contributed by atoms with E-state index in [-0.39, 0.29) is 39.7 Å². The van der Waals surface area contributed by atoms with Gasteiger partial charge in [-0.2, -0.15) is 0 Å². The maximum Gasteiger partial charge on any atom is 0.275 e. The molecular weight excluding hydrogens is 413 g/mol. The van der Waals surface area contributed by atoms with Gasteiger partial charge in [0.05, 0.1) is 28.0 Å². The lowest BCUT2D eigenvalue weighted by atomic mass is 9.87. The summed E-state index contributed by atoms with van der Waals surface area (Å²) in [6.07, 6.45) is 4.17. The van der Waals surface area contributed by atoms with Crippen LogP contribution in [-0.4, -0.2) is 27.8 Å². The van der Waals surface area contributed by atoms with Crippen molar-refractivity contribution in [2.24, 2.45) is 11.1 Å². The van der Waals surface area contributed by atoms with Gasteiger partial charge in [-0.15, -0.1) is 12.4 Å². The van der Waals surface area contributed by atoms with E-state index in [4.69, 9.17) is 28.9 Å². The third-order valence-electron chi connectivity index (χ3n) is 3.56. The minimum absolute atomic E-state index is 0. The van der Waals surface area contributed by atoms with E-state index in [2.05, 4.69) is 20.6 Å². The van der Waals surface area contributed by atoms with Gasteiger partial charge in [-0.1, -0.05) is 44.0 Å². The summed E-state index contributed by atoms with van der Waals surface area (Å²) in [5.74, 6) is -0.866. The van der Waals surface area contributed by atoms with Crippen LogP contribution in [0.25, 0.3) is 0 Å². The van der Waals surface area contributed by atoms with Crippen LogP contribution in [0.2, 0.25) is 10.0 Å². The van der Waals surface area contributed by atoms with Crippen LogP contribution in [0, 0.1) is 5.41 Å². The largest absolute Gasteiger partial charge is 0.325 e. The van der Waals surface area contributed by atoms with E-state index in [9.17, 15) is 9.59 Å². The first-order valence-electron chi connectivity index (χ1n) is 7.72. The van der Waals surface area contributed by atoms with Gasteiger partial charge in [-0.3, -0.25) is 14.6 Å². The predicted molar refractivity (Wildman–Crippen MR) is 110 cm³/mol. The summed E-state index contributed by atoms with van der Waals surface area (Å²) in [5, 5.41) is 5.58. The number of nitrogens with two attached hydrogens (primary N) is 1. The second-order valence-electron chi connectivity index (χ2n) is 6.69. The fourth-order valence-electron chi connectivity index (χ4n) is 1.97. The number of hydrogen-bond acceptors (Lipinski definition) is 5. The average Bonchev–Trinajstić information content (AvgIpc) is 2.57. The van der Waals surface area contributed by atoms with Gasteiger partial charge in [0.1, 0.15) is 5.69 Å². The number of rotatable bonds is 4. The molecule has 7 nitrogen and oxygen atoms in total. The zero-order valence-corrected chi connectivity index (χ0v) is 17.2. The molecule has 0 saturated heterocycles. The Labute approximate surface area is 173 Å². The van der Waals surface area contributed by atoms with E-state index < -0.39 is 17.4 Å². The molecule has 0 saturated carbocycles. The van der Waals surface area contributed by atoms with Gasteiger partial charge < -0.3 is 16.4 Å². The van der Waals surface area contributed by atoms with E-state index >= 15 is 0 Å². The molecule has 0 bridgehead atoms. The van der Waals surface area contributed by atoms with Crippen LogP contribution < -0.4 is 16.4 Å². The van der Waals surface area contributed by atoms with Gasteiger partial charge >= 0.3 is 0 Å². The smallest absolute Gasteiger partial charge is 0.275 e. The van der Waals surface area contributed by atoms with Gasteiger partial charge in [0.2, 0.25) is 5.91 Å². The van der Waals surface area contributed by atoms with Crippen molar-refractivity contribution in [3.8, 4) is 0 Å². The van der Waals surface area contributed by atoms with Gasteiger partial charge in [0, 0.05) is 18.1 Å². The van der Waals surface area contributed by atoms with Crippen LogP contribution in [-0.2, 0) is 4.79 Å². The van der Waals surface area contributed by atoms with Crippen LogP contribution in [0.15, 0.2) is 30.7 Å². The molecule has 1 heterocycles. The summed E-state index contributed by atoms with van der Waals surface area (Å²) in [7, 11) is 0. The molecule has 10 heteroatoms. The molecule has 1 aromatic heterocycles. The molecule has 2 amide bonds. The maximum atomic E-state index is 12.2. The van der Waals surface area contributed by atoms with Crippen LogP contribution in [0.3, 0.4) is 0 Å². The summed E-state index contributed by atoms with van der Waals surface area (Å²) in [6.45, 7) is 5.59. The van der Waals surface area contributed by atoms with E-state index in [0.717, 1.165) is 0 Å². The Hall–Kier alpha value is -1.93. The first-order valence-corrected chi connectivity index (χ1v) is 8.48. The van der Waals surface area contributed by atoms with Gasteiger partial charge in [0.25, 0.3) is 5.91 Å². The predicted octanol–water partition coefficient (Wildman–Crippen LogP) is 3.77. The van der Waals surface area contributed by atoms with Crippen LogP contribution >= 0.6 is 35.6 Å². The number of benzene rings is 1. The zero-order valence-electron chi connectivity index (χ0n) is 14.9. The third-order valence-corrected chi connectivity index (χ3v) is 4.16. The molecule has 4 N–H and O–H groups in total. The second-order valence-corrected chi connectivity index (χ2v) is 7.51. The van der Waals surface area contributed by atoms with E-state index in [1.54, 1.807) is 0 Å². The lowest BCUT2D eigenvalue weighted by molar-refractivity contribution is -0.119. The lowest BCUT2D eigenvalue weighted by Gasteiger charge is -2.26. The standard InChI is InChI=1S/C17H19Cl2N5O2.ClH/c1-17(2,3)14(20)16(26)23-9-6-10(18)13(11(19)7-9)24-15(25)12-8-21-4-5-22-12;/h4-8,14H,20H2,1-3H3,(H,23,26)(H,24,25);1H/t14-;/m1./s1. The van der Waals surface area contributed by atoms with Crippen molar-refractivity contribution in [1.29, 1.82) is 0 Å². The highest BCUT2D eigenvalue weighted by Crippen LogP contribution is 2.34. The Kier molecular flexibility index (Phi) is 7.98. The normalized spacial score (nSPS) is 11.9. The molecule has 0 spiro atoms. The van der Waals surface area contributed by atoms with Gasteiger partial charge in [-0.25, -0.2) is 4.98 Å². The molecular formula is C17H20Cl3N5O2. The van der Waals surface area contributed by atoms with Crippen LogP contribution in [0.4, 0.5) is 11.4 Å². The molecule has 27 heavy (non-hydrogen) atoms. The molecule has 1 aromatic carbocycles. The summed E-state index contributed by atoms with van der Waals surface area (Å²) < 4.78 is 0. The molecule has 146 valence electrons. The van der Waals surface area contributed by atoms with E-state index in [1.165, 1.54) is 30.7 Å². The van der Waals surface area contributed by atoms with Crippen molar-refractivity contribution in [3.63, 3.8) is 0 Å². The molecule has 2 aromatic rings. The summed E-state index contributed by atoms with van der Waals surface area (Å²) >= 11 is 12.4. The second kappa shape index (κ2) is 9.32. The minimum Gasteiger partial charge on any atom is -0.325 e. The highest BCUT2D eigenvalue weighted by Gasteiger charge is 2.27. The average molecular weight is 433 g/mol. The summed E-state index contributed by atoms with van der Waals surface area (Å²) in [6, 6.07) is 2.25. The number of nitrogens with zero attached hydrogens (tertiary/aromatic N) is 2. The number of nitrogens with one attached hydrogen (secondary N) is 2. The van der Waals surface area contributed by atoms with Gasteiger partial charge in [-0.05, 0) is 17.5 Å². The SMILES string of the molecule is CC(C)(C)[C@H](N)C(=O)Nc1cc(Cl)c(NC(=O)c2cnccn2)c(Cl)c1.Cl. The lowest BCUT2D eigenvalue weighted by Crippen LogP contribution is -2.45. The van der Waals surface area contributed by atoms with Crippen molar-refractivity contribution >= 4 is 58.8 Å². The van der Waals surface area contributed by atoms with Gasteiger partial charge in [0.15, 0.2) is 0 Å². The molecule has 0 unspecified atom stereocenters. The Bertz CT molecular complexity index is 802. The van der Waals surface area contributed by atoms with Crippen molar-refractivity contribution in [2.75, 3.05) is 10.6 Å². The highest BCUT2D eigenvalue weighted by atomic mass is 35.5. The molecule has 0 fully saturated rings. The highest BCUT2D eigenvalue weighted by molar-refractivity contribution is 6.40. The fraction of sp³-hybridized carbons (Fsp3) is 0.294. The zero-order chi connectivity index (χ0) is 19.5.